The van der Waals surface area contributed by atoms with Gasteiger partial charge in [-0.05, 0) is 30.7 Å². The van der Waals surface area contributed by atoms with E-state index in [9.17, 15) is 20.2 Å². The number of nitro benzene ring substituents is 2. The van der Waals surface area contributed by atoms with E-state index in [1.165, 1.54) is 12.1 Å². The number of non-ortho nitro benzene ring substituents is 1. The lowest BCUT2D eigenvalue weighted by Gasteiger charge is -2.35. The molecule has 0 aromatic heterocycles. The highest BCUT2D eigenvalue weighted by Gasteiger charge is 2.29. The third-order valence-corrected chi connectivity index (χ3v) is 3.95. The molecule has 1 fully saturated rings. The third-order valence-electron chi connectivity index (χ3n) is 3.95. The standard InChI is InChI=1S/C14H19N3O4/c1-14(2)7-3-4-10(9-14)15-12-6-5-11(16(18)19)8-13(12)17(20)21/h5-6,8,10,15H,3-4,7,9H2,1-2H3. The van der Waals surface area contributed by atoms with Gasteiger partial charge in [0.25, 0.3) is 11.4 Å². The summed E-state index contributed by atoms with van der Waals surface area (Å²) in [7, 11) is 0. The van der Waals surface area contributed by atoms with Crippen LogP contribution in [0.5, 0.6) is 0 Å². The van der Waals surface area contributed by atoms with Crippen molar-refractivity contribution in [2.45, 2.75) is 45.6 Å². The largest absolute Gasteiger partial charge is 0.377 e. The average Bonchev–Trinajstić information content (AvgIpc) is 2.37. The first-order valence-corrected chi connectivity index (χ1v) is 6.98. The molecular formula is C14H19N3O4. The lowest BCUT2D eigenvalue weighted by molar-refractivity contribution is -0.393. The maximum atomic E-state index is 11.1. The van der Waals surface area contributed by atoms with Gasteiger partial charge in [-0.2, -0.15) is 0 Å². The Hall–Kier alpha value is -2.18. The van der Waals surface area contributed by atoms with Gasteiger partial charge in [-0.25, -0.2) is 0 Å². The summed E-state index contributed by atoms with van der Waals surface area (Å²) in [5.41, 5.74) is 0.0583. The fourth-order valence-corrected chi connectivity index (χ4v) is 2.95. The molecule has 114 valence electrons. The van der Waals surface area contributed by atoms with Crippen molar-refractivity contribution in [1.82, 2.24) is 0 Å². The van der Waals surface area contributed by atoms with Gasteiger partial charge < -0.3 is 5.32 Å². The maximum absolute atomic E-state index is 11.1. The van der Waals surface area contributed by atoms with Crippen LogP contribution in [0.25, 0.3) is 0 Å². The maximum Gasteiger partial charge on any atom is 0.299 e. The quantitative estimate of drug-likeness (QED) is 0.670. The van der Waals surface area contributed by atoms with Crippen molar-refractivity contribution < 1.29 is 9.85 Å². The van der Waals surface area contributed by atoms with E-state index in [-0.39, 0.29) is 22.8 Å². The predicted molar refractivity (Wildman–Crippen MR) is 79.4 cm³/mol. The molecule has 0 heterocycles. The van der Waals surface area contributed by atoms with Crippen molar-refractivity contribution in [2.24, 2.45) is 5.41 Å². The average molecular weight is 293 g/mol. The molecule has 21 heavy (non-hydrogen) atoms. The van der Waals surface area contributed by atoms with Crippen molar-refractivity contribution in [3.8, 4) is 0 Å². The zero-order valence-electron chi connectivity index (χ0n) is 12.2. The Labute approximate surface area is 122 Å². The number of nitro groups is 2. The molecule has 1 aromatic rings. The van der Waals surface area contributed by atoms with E-state index in [2.05, 4.69) is 19.2 Å². The minimum atomic E-state index is -0.625. The number of benzene rings is 1. The van der Waals surface area contributed by atoms with Gasteiger partial charge in [-0.3, -0.25) is 20.2 Å². The number of hydrogen-bond acceptors (Lipinski definition) is 5. The first kappa shape index (κ1) is 15.2. The second kappa shape index (κ2) is 5.67. The summed E-state index contributed by atoms with van der Waals surface area (Å²) in [4.78, 5) is 20.6. The van der Waals surface area contributed by atoms with E-state index >= 15 is 0 Å². The predicted octanol–water partition coefficient (Wildman–Crippen LogP) is 3.88. The van der Waals surface area contributed by atoms with Gasteiger partial charge in [0.05, 0.1) is 15.9 Å². The van der Waals surface area contributed by atoms with E-state index in [4.69, 9.17) is 0 Å². The number of nitrogens with zero attached hydrogens (tertiary/aromatic N) is 2. The topological polar surface area (TPSA) is 98.3 Å². The van der Waals surface area contributed by atoms with Crippen LogP contribution in [0.3, 0.4) is 0 Å². The van der Waals surface area contributed by atoms with Gasteiger partial charge >= 0.3 is 0 Å². The summed E-state index contributed by atoms with van der Waals surface area (Å²) in [5.74, 6) is 0. The first-order chi connectivity index (χ1) is 9.78. The Morgan fingerprint density at radius 1 is 1.24 bits per heavy atom. The van der Waals surface area contributed by atoms with Crippen LogP contribution in [-0.4, -0.2) is 15.9 Å². The van der Waals surface area contributed by atoms with Crippen molar-refractivity contribution in [1.29, 1.82) is 0 Å². The summed E-state index contributed by atoms with van der Waals surface area (Å²) >= 11 is 0. The molecular weight excluding hydrogens is 274 g/mol. The summed E-state index contributed by atoms with van der Waals surface area (Å²) < 4.78 is 0. The highest BCUT2D eigenvalue weighted by molar-refractivity contribution is 5.65. The van der Waals surface area contributed by atoms with Crippen LogP contribution in [0.1, 0.15) is 39.5 Å². The van der Waals surface area contributed by atoms with Crippen LogP contribution in [0.4, 0.5) is 17.1 Å². The molecule has 1 atom stereocenters. The molecule has 0 bridgehead atoms. The van der Waals surface area contributed by atoms with Crippen LogP contribution >= 0.6 is 0 Å². The second-order valence-corrected chi connectivity index (χ2v) is 6.32. The van der Waals surface area contributed by atoms with Crippen molar-refractivity contribution in [2.75, 3.05) is 5.32 Å². The van der Waals surface area contributed by atoms with E-state index < -0.39 is 9.85 Å². The first-order valence-electron chi connectivity index (χ1n) is 6.98. The molecule has 0 aliphatic heterocycles. The van der Waals surface area contributed by atoms with E-state index in [1.807, 2.05) is 0 Å². The zero-order valence-corrected chi connectivity index (χ0v) is 12.2. The molecule has 0 spiro atoms. The summed E-state index contributed by atoms with van der Waals surface area (Å²) in [5, 5.41) is 25.0. The molecule has 1 aliphatic carbocycles. The molecule has 0 saturated heterocycles. The van der Waals surface area contributed by atoms with Crippen LogP contribution in [0.15, 0.2) is 18.2 Å². The van der Waals surface area contributed by atoms with Gasteiger partial charge in [0, 0.05) is 12.1 Å². The smallest absolute Gasteiger partial charge is 0.299 e. The van der Waals surface area contributed by atoms with Gasteiger partial charge in [-0.15, -0.1) is 0 Å². The number of hydrogen-bond donors (Lipinski definition) is 1. The lowest BCUT2D eigenvalue weighted by Crippen LogP contribution is -2.31. The molecule has 1 saturated carbocycles. The highest BCUT2D eigenvalue weighted by atomic mass is 16.6. The highest BCUT2D eigenvalue weighted by Crippen LogP contribution is 2.38. The minimum absolute atomic E-state index is 0.161. The van der Waals surface area contributed by atoms with Crippen molar-refractivity contribution >= 4 is 17.1 Å². The molecule has 0 radical (unpaired) electrons. The fraction of sp³-hybridized carbons (Fsp3) is 0.571. The van der Waals surface area contributed by atoms with Crippen molar-refractivity contribution in [3.63, 3.8) is 0 Å². The number of rotatable bonds is 4. The number of anilines is 1. The van der Waals surface area contributed by atoms with Crippen LogP contribution in [0.2, 0.25) is 0 Å². The molecule has 1 unspecified atom stereocenters. The molecule has 7 heteroatoms. The Balaban J connectivity index is 2.23. The normalized spacial score (nSPS) is 20.8. The van der Waals surface area contributed by atoms with E-state index in [0.717, 1.165) is 31.7 Å². The Bertz CT molecular complexity index is 571. The number of nitrogens with one attached hydrogen (secondary N) is 1. The van der Waals surface area contributed by atoms with Gasteiger partial charge in [0.2, 0.25) is 0 Å². The van der Waals surface area contributed by atoms with Gasteiger partial charge in [-0.1, -0.05) is 20.3 Å². The Morgan fingerprint density at radius 2 is 1.95 bits per heavy atom. The molecule has 0 amide bonds. The second-order valence-electron chi connectivity index (χ2n) is 6.32. The molecule has 1 aliphatic rings. The van der Waals surface area contributed by atoms with Crippen LogP contribution in [-0.2, 0) is 0 Å². The summed E-state index contributed by atoms with van der Waals surface area (Å²) in [6, 6.07) is 3.89. The fourth-order valence-electron chi connectivity index (χ4n) is 2.95. The monoisotopic (exact) mass is 293 g/mol. The summed E-state index contributed by atoms with van der Waals surface area (Å²) in [6.07, 6.45) is 4.11. The lowest BCUT2D eigenvalue weighted by atomic mass is 9.75. The van der Waals surface area contributed by atoms with Crippen LogP contribution < -0.4 is 5.32 Å². The molecule has 7 nitrogen and oxygen atoms in total. The summed E-state index contributed by atoms with van der Waals surface area (Å²) in [6.45, 7) is 4.37. The third kappa shape index (κ3) is 3.68. The minimum Gasteiger partial charge on any atom is -0.377 e. The van der Waals surface area contributed by atoms with Gasteiger partial charge in [0.1, 0.15) is 5.69 Å². The molecule has 1 N–H and O–H groups in total. The Morgan fingerprint density at radius 3 is 2.52 bits per heavy atom. The zero-order chi connectivity index (χ0) is 15.6. The van der Waals surface area contributed by atoms with E-state index in [0.29, 0.717) is 5.69 Å². The van der Waals surface area contributed by atoms with Crippen molar-refractivity contribution in [3.05, 3.63) is 38.4 Å². The Kier molecular flexibility index (Phi) is 4.11. The van der Waals surface area contributed by atoms with E-state index in [1.54, 1.807) is 0 Å². The van der Waals surface area contributed by atoms with Crippen LogP contribution in [0, 0.1) is 25.6 Å². The molecule has 1 aromatic carbocycles. The van der Waals surface area contributed by atoms with Gasteiger partial charge in [0.15, 0.2) is 0 Å². The molecule has 2 rings (SSSR count). The SMILES string of the molecule is CC1(C)CCCC(Nc2ccc([N+](=O)[O-])cc2[N+](=O)[O-])C1.